The molecule has 3 aromatic carbocycles. The molecule has 4 aromatic rings. The minimum Gasteiger partial charge on any atom is -0.488 e. The molecule has 5 rings (SSSR count). The fraction of sp³-hybridized carbons (Fsp3) is 0.120. The molecule has 0 unspecified atom stereocenters. The number of Topliss-reactive ketones (excluding diaryl/α,β-unsaturated/α-hetero) is 1. The zero-order valence-electron chi connectivity index (χ0n) is 16.1. The second-order valence-corrected chi connectivity index (χ2v) is 7.91. The summed E-state index contributed by atoms with van der Waals surface area (Å²) in [6, 6.07) is 27.2. The van der Waals surface area contributed by atoms with Crippen LogP contribution in [0.15, 0.2) is 90.3 Å². The lowest BCUT2D eigenvalue weighted by atomic mass is 10.0. The average molecular weight is 413 g/mol. The first-order chi connectivity index (χ1) is 14.8. The lowest BCUT2D eigenvalue weighted by molar-refractivity contribution is 0.0949. The number of ether oxygens (including phenoxy) is 2. The van der Waals surface area contributed by atoms with Crippen LogP contribution in [0.25, 0.3) is 10.6 Å². The van der Waals surface area contributed by atoms with Crippen LogP contribution in [0.2, 0.25) is 0 Å². The predicted molar refractivity (Wildman–Crippen MR) is 117 cm³/mol. The monoisotopic (exact) mass is 413 g/mol. The van der Waals surface area contributed by atoms with Crippen LogP contribution in [0, 0.1) is 0 Å². The Bertz CT molecular complexity index is 1160. The molecule has 0 radical (unpaired) electrons. The van der Waals surface area contributed by atoms with Crippen molar-refractivity contribution >= 4 is 17.1 Å². The number of hydrogen-bond acceptors (Lipinski definition) is 5. The van der Waals surface area contributed by atoms with Crippen molar-refractivity contribution in [3.8, 4) is 16.3 Å². The standard InChI is InChI=1S/C25H19NO3S/c27-22(19-13-7-8-14-21(19)28-15-17-9-3-1-4-10-17)24-23(29-24)20-16-30-25(26-20)18-11-5-2-6-12-18/h1-14,16,23-24H,15H2/t23-,24+/m0/s1. The van der Waals surface area contributed by atoms with Crippen molar-refractivity contribution in [1.29, 1.82) is 0 Å². The first-order valence-electron chi connectivity index (χ1n) is 9.76. The topological polar surface area (TPSA) is 51.7 Å². The molecule has 2 heterocycles. The quantitative estimate of drug-likeness (QED) is 0.288. The third kappa shape index (κ3) is 3.90. The van der Waals surface area contributed by atoms with E-state index >= 15 is 0 Å². The molecule has 0 amide bonds. The van der Waals surface area contributed by atoms with Gasteiger partial charge in [0.05, 0.1) is 11.3 Å². The summed E-state index contributed by atoms with van der Waals surface area (Å²) in [5, 5.41) is 2.90. The lowest BCUT2D eigenvalue weighted by Crippen LogP contribution is -2.11. The third-order valence-corrected chi connectivity index (χ3v) is 5.88. The number of para-hydroxylation sites is 1. The summed E-state index contributed by atoms with van der Waals surface area (Å²) >= 11 is 1.56. The molecule has 30 heavy (non-hydrogen) atoms. The molecule has 5 heteroatoms. The predicted octanol–water partition coefficient (Wildman–Crippen LogP) is 5.71. The molecule has 1 fully saturated rings. The highest BCUT2D eigenvalue weighted by Gasteiger charge is 2.48. The van der Waals surface area contributed by atoms with E-state index in [1.54, 1.807) is 17.4 Å². The molecule has 1 aliphatic heterocycles. The first-order valence-corrected chi connectivity index (χ1v) is 10.6. The number of hydrogen-bond donors (Lipinski definition) is 0. The highest BCUT2D eigenvalue weighted by Crippen LogP contribution is 2.43. The van der Waals surface area contributed by atoms with Gasteiger partial charge in [-0.05, 0) is 17.7 Å². The number of aromatic nitrogens is 1. The summed E-state index contributed by atoms with van der Waals surface area (Å²) in [7, 11) is 0. The van der Waals surface area contributed by atoms with Gasteiger partial charge < -0.3 is 9.47 Å². The minimum absolute atomic E-state index is 0.0714. The molecule has 0 spiro atoms. The number of benzene rings is 3. The maximum absolute atomic E-state index is 13.1. The lowest BCUT2D eigenvalue weighted by Gasteiger charge is -2.10. The van der Waals surface area contributed by atoms with E-state index in [-0.39, 0.29) is 11.9 Å². The van der Waals surface area contributed by atoms with E-state index in [0.29, 0.717) is 17.9 Å². The van der Waals surface area contributed by atoms with Gasteiger partial charge in [-0.1, -0.05) is 72.8 Å². The number of epoxide rings is 1. The van der Waals surface area contributed by atoms with Gasteiger partial charge in [0.15, 0.2) is 11.9 Å². The summed E-state index contributed by atoms with van der Waals surface area (Å²) in [5.41, 5.74) is 3.47. The molecule has 1 aromatic heterocycles. The van der Waals surface area contributed by atoms with Crippen LogP contribution < -0.4 is 4.74 Å². The summed E-state index contributed by atoms with van der Waals surface area (Å²) in [6.07, 6.45) is -0.814. The van der Waals surface area contributed by atoms with E-state index in [2.05, 4.69) is 4.98 Å². The smallest absolute Gasteiger partial charge is 0.198 e. The van der Waals surface area contributed by atoms with Gasteiger partial charge in [0.25, 0.3) is 0 Å². The fourth-order valence-electron chi connectivity index (χ4n) is 3.35. The van der Waals surface area contributed by atoms with Crippen LogP contribution >= 0.6 is 11.3 Å². The maximum atomic E-state index is 13.1. The van der Waals surface area contributed by atoms with Crippen molar-refractivity contribution in [2.45, 2.75) is 18.8 Å². The highest BCUT2D eigenvalue weighted by molar-refractivity contribution is 7.13. The summed E-state index contributed by atoms with van der Waals surface area (Å²) in [4.78, 5) is 17.7. The molecule has 148 valence electrons. The van der Waals surface area contributed by atoms with Crippen molar-refractivity contribution < 1.29 is 14.3 Å². The Labute approximate surface area is 178 Å². The van der Waals surface area contributed by atoms with Gasteiger partial charge in [-0.3, -0.25) is 4.79 Å². The van der Waals surface area contributed by atoms with Crippen LogP contribution in [-0.4, -0.2) is 16.9 Å². The minimum atomic E-state index is -0.516. The Morgan fingerprint density at radius 2 is 1.63 bits per heavy atom. The maximum Gasteiger partial charge on any atom is 0.198 e. The van der Waals surface area contributed by atoms with Crippen molar-refractivity contribution in [1.82, 2.24) is 4.98 Å². The number of ketones is 1. The average Bonchev–Trinajstić information content (AvgIpc) is 3.46. The van der Waals surface area contributed by atoms with E-state index in [0.717, 1.165) is 21.8 Å². The van der Waals surface area contributed by atoms with E-state index in [4.69, 9.17) is 9.47 Å². The summed E-state index contributed by atoms with van der Waals surface area (Å²) in [6.45, 7) is 0.409. The molecule has 0 saturated carbocycles. The molecule has 1 aliphatic rings. The molecule has 2 atom stereocenters. The van der Waals surface area contributed by atoms with Crippen LogP contribution in [0.3, 0.4) is 0 Å². The van der Waals surface area contributed by atoms with Crippen LogP contribution in [-0.2, 0) is 11.3 Å². The van der Waals surface area contributed by atoms with Gasteiger partial charge in [0.1, 0.15) is 23.5 Å². The zero-order chi connectivity index (χ0) is 20.3. The normalized spacial score (nSPS) is 17.5. The van der Waals surface area contributed by atoms with Crippen molar-refractivity contribution in [3.63, 3.8) is 0 Å². The molecular formula is C25H19NO3S. The number of carbonyl (C=O) groups is 1. The first kappa shape index (κ1) is 18.7. The van der Waals surface area contributed by atoms with Gasteiger partial charge in [0, 0.05) is 10.9 Å². The summed E-state index contributed by atoms with van der Waals surface area (Å²) in [5.74, 6) is 0.502. The summed E-state index contributed by atoms with van der Waals surface area (Å²) < 4.78 is 11.7. The van der Waals surface area contributed by atoms with Crippen LogP contribution in [0.4, 0.5) is 0 Å². The molecule has 1 saturated heterocycles. The highest BCUT2D eigenvalue weighted by atomic mass is 32.1. The Balaban J connectivity index is 1.29. The second kappa shape index (κ2) is 8.22. The Morgan fingerprint density at radius 3 is 2.43 bits per heavy atom. The molecule has 4 nitrogen and oxygen atoms in total. The Morgan fingerprint density at radius 1 is 0.933 bits per heavy atom. The van der Waals surface area contributed by atoms with Crippen molar-refractivity contribution in [2.24, 2.45) is 0 Å². The molecule has 0 aliphatic carbocycles. The molecule has 0 N–H and O–H groups in total. The van der Waals surface area contributed by atoms with Gasteiger partial charge in [-0.2, -0.15) is 0 Å². The van der Waals surface area contributed by atoms with E-state index in [1.165, 1.54) is 0 Å². The third-order valence-electron chi connectivity index (χ3n) is 4.97. The van der Waals surface area contributed by atoms with Crippen LogP contribution in [0.5, 0.6) is 5.75 Å². The van der Waals surface area contributed by atoms with Gasteiger partial charge >= 0.3 is 0 Å². The number of nitrogens with zero attached hydrogens (tertiary/aromatic N) is 1. The number of carbonyl (C=O) groups excluding carboxylic acids is 1. The van der Waals surface area contributed by atoms with Crippen molar-refractivity contribution in [3.05, 3.63) is 107 Å². The number of rotatable bonds is 7. The van der Waals surface area contributed by atoms with E-state index in [1.807, 2.05) is 84.2 Å². The molecule has 0 bridgehead atoms. The van der Waals surface area contributed by atoms with Gasteiger partial charge in [-0.25, -0.2) is 4.98 Å². The van der Waals surface area contributed by atoms with E-state index in [9.17, 15) is 4.79 Å². The van der Waals surface area contributed by atoms with E-state index < -0.39 is 6.10 Å². The fourth-order valence-corrected chi connectivity index (χ4v) is 4.20. The second-order valence-electron chi connectivity index (χ2n) is 7.06. The SMILES string of the molecule is O=C(c1ccccc1OCc1ccccc1)[C@H]1O[C@H]1c1csc(-c2ccccc2)n1. The van der Waals surface area contributed by atoms with Crippen LogP contribution in [0.1, 0.15) is 27.7 Å². The van der Waals surface area contributed by atoms with Crippen molar-refractivity contribution in [2.75, 3.05) is 0 Å². The van der Waals surface area contributed by atoms with Gasteiger partial charge in [0.2, 0.25) is 0 Å². The largest absolute Gasteiger partial charge is 0.488 e. The number of thiazole rings is 1. The van der Waals surface area contributed by atoms with Gasteiger partial charge in [-0.15, -0.1) is 11.3 Å². The Kier molecular flexibility index (Phi) is 5.13. The zero-order valence-corrected chi connectivity index (χ0v) is 16.9. The molecular weight excluding hydrogens is 394 g/mol. The Hall–Kier alpha value is -3.28.